The fourth-order valence-corrected chi connectivity index (χ4v) is 2.93. The minimum absolute atomic E-state index is 0.408. The summed E-state index contributed by atoms with van der Waals surface area (Å²) in [5.74, 6) is 2.39. The van der Waals surface area contributed by atoms with E-state index < -0.39 is 12.3 Å². The van der Waals surface area contributed by atoms with Crippen molar-refractivity contribution in [2.24, 2.45) is 0 Å². The number of anilines is 3. The molecular formula is C19H27N5O3. The van der Waals surface area contributed by atoms with Crippen molar-refractivity contribution < 1.29 is 14.6 Å². The van der Waals surface area contributed by atoms with E-state index >= 15 is 0 Å². The van der Waals surface area contributed by atoms with Gasteiger partial charge in [-0.25, -0.2) is 4.98 Å². The number of nitrogens with one attached hydrogen (secondary N) is 2. The van der Waals surface area contributed by atoms with E-state index in [2.05, 4.69) is 25.5 Å². The van der Waals surface area contributed by atoms with Crippen LogP contribution in [0.25, 0.3) is 0 Å². The SMILES string of the molecule is CNc1cc(C)nc(Nc2ccc(OC)c(OC(C(C)O)N3CCC3)c2)n1. The molecule has 146 valence electrons. The molecule has 2 aromatic rings. The number of aliphatic hydroxyl groups is 1. The lowest BCUT2D eigenvalue weighted by atomic mass is 10.2. The third-order valence-corrected chi connectivity index (χ3v) is 4.44. The minimum Gasteiger partial charge on any atom is -0.493 e. The van der Waals surface area contributed by atoms with Crippen molar-refractivity contribution in [1.82, 2.24) is 14.9 Å². The highest BCUT2D eigenvalue weighted by atomic mass is 16.5. The molecule has 2 atom stereocenters. The fourth-order valence-electron chi connectivity index (χ4n) is 2.93. The molecule has 27 heavy (non-hydrogen) atoms. The number of nitrogens with zero attached hydrogens (tertiary/aromatic N) is 3. The van der Waals surface area contributed by atoms with Crippen LogP contribution in [0.2, 0.25) is 0 Å². The average Bonchev–Trinajstić information content (AvgIpc) is 2.59. The summed E-state index contributed by atoms with van der Waals surface area (Å²) in [6.07, 6.45) is 0.0861. The van der Waals surface area contributed by atoms with Crippen LogP contribution in [0.15, 0.2) is 24.3 Å². The van der Waals surface area contributed by atoms with Crippen molar-refractivity contribution in [3.05, 3.63) is 30.0 Å². The summed E-state index contributed by atoms with van der Waals surface area (Å²) in [6, 6.07) is 7.39. The van der Waals surface area contributed by atoms with Crippen LogP contribution in [0.3, 0.4) is 0 Å². The van der Waals surface area contributed by atoms with E-state index in [0.29, 0.717) is 17.4 Å². The Kier molecular flexibility index (Phi) is 5.98. The van der Waals surface area contributed by atoms with E-state index in [1.165, 1.54) is 0 Å². The number of methoxy groups -OCH3 is 1. The van der Waals surface area contributed by atoms with E-state index in [4.69, 9.17) is 9.47 Å². The Hall–Kier alpha value is -2.58. The molecule has 3 rings (SSSR count). The average molecular weight is 373 g/mol. The molecule has 1 saturated heterocycles. The molecule has 0 amide bonds. The van der Waals surface area contributed by atoms with Crippen LogP contribution in [0, 0.1) is 6.92 Å². The number of likely N-dealkylation sites (tertiary alicyclic amines) is 1. The highest BCUT2D eigenvalue weighted by molar-refractivity contribution is 5.60. The molecule has 0 saturated carbocycles. The first-order valence-corrected chi connectivity index (χ1v) is 9.07. The van der Waals surface area contributed by atoms with Gasteiger partial charge in [-0.1, -0.05) is 0 Å². The fraction of sp³-hybridized carbons (Fsp3) is 0.474. The van der Waals surface area contributed by atoms with Gasteiger partial charge in [0, 0.05) is 43.7 Å². The standard InChI is InChI=1S/C19H27N5O3/c1-12-10-17(20-3)23-19(21-12)22-14-6-7-15(26-4)16(11-14)27-18(13(2)25)24-8-5-9-24/h6-7,10-11,13,18,25H,5,8-9H2,1-4H3,(H2,20,21,22,23). The van der Waals surface area contributed by atoms with Crippen LogP contribution in [0.5, 0.6) is 11.5 Å². The van der Waals surface area contributed by atoms with Crippen LogP contribution in [0.1, 0.15) is 19.0 Å². The zero-order valence-corrected chi connectivity index (χ0v) is 16.2. The van der Waals surface area contributed by atoms with Crippen molar-refractivity contribution in [3.63, 3.8) is 0 Å². The summed E-state index contributed by atoms with van der Waals surface area (Å²) in [5, 5.41) is 16.3. The molecule has 8 nitrogen and oxygen atoms in total. The monoisotopic (exact) mass is 373 g/mol. The molecule has 0 spiro atoms. The smallest absolute Gasteiger partial charge is 0.229 e. The van der Waals surface area contributed by atoms with Crippen molar-refractivity contribution in [2.75, 3.05) is 37.9 Å². The molecule has 2 heterocycles. The van der Waals surface area contributed by atoms with Gasteiger partial charge in [-0.05, 0) is 32.4 Å². The summed E-state index contributed by atoms with van der Waals surface area (Å²) in [6.45, 7) is 5.48. The van der Waals surface area contributed by atoms with Gasteiger partial charge in [0.2, 0.25) is 5.95 Å². The predicted octanol–water partition coefficient (Wildman–Crippen LogP) is 2.37. The number of aliphatic hydroxyl groups excluding tert-OH is 1. The summed E-state index contributed by atoms with van der Waals surface area (Å²) in [7, 11) is 3.41. The number of ether oxygens (including phenoxy) is 2. The van der Waals surface area contributed by atoms with E-state index in [0.717, 1.165) is 36.7 Å². The second-order valence-corrected chi connectivity index (χ2v) is 6.60. The summed E-state index contributed by atoms with van der Waals surface area (Å²) in [5.41, 5.74) is 1.63. The molecule has 0 bridgehead atoms. The Morgan fingerprint density at radius 2 is 1.96 bits per heavy atom. The van der Waals surface area contributed by atoms with Gasteiger partial charge in [0.25, 0.3) is 0 Å². The van der Waals surface area contributed by atoms with Gasteiger partial charge in [0.15, 0.2) is 17.7 Å². The Morgan fingerprint density at radius 3 is 2.56 bits per heavy atom. The third kappa shape index (κ3) is 4.58. The third-order valence-electron chi connectivity index (χ3n) is 4.44. The van der Waals surface area contributed by atoms with Crippen molar-refractivity contribution in [3.8, 4) is 11.5 Å². The molecule has 1 aliphatic rings. The Balaban J connectivity index is 1.83. The number of aryl methyl sites for hydroxylation is 1. The van der Waals surface area contributed by atoms with E-state index in [-0.39, 0.29) is 0 Å². The van der Waals surface area contributed by atoms with Gasteiger partial charge in [-0.3, -0.25) is 4.90 Å². The van der Waals surface area contributed by atoms with Gasteiger partial charge in [0.05, 0.1) is 7.11 Å². The Labute approximate surface area is 159 Å². The van der Waals surface area contributed by atoms with Gasteiger partial charge in [-0.2, -0.15) is 4.98 Å². The predicted molar refractivity (Wildman–Crippen MR) is 105 cm³/mol. The van der Waals surface area contributed by atoms with Gasteiger partial charge < -0.3 is 25.2 Å². The molecule has 8 heteroatoms. The molecule has 1 aromatic carbocycles. The quantitative estimate of drug-likeness (QED) is 0.650. The first-order valence-electron chi connectivity index (χ1n) is 9.07. The topological polar surface area (TPSA) is 91.8 Å². The van der Waals surface area contributed by atoms with Gasteiger partial charge in [-0.15, -0.1) is 0 Å². The highest BCUT2D eigenvalue weighted by Gasteiger charge is 2.30. The number of rotatable bonds is 8. The van der Waals surface area contributed by atoms with Gasteiger partial charge in [0.1, 0.15) is 11.9 Å². The molecule has 2 unspecified atom stereocenters. The largest absolute Gasteiger partial charge is 0.493 e. The minimum atomic E-state index is -0.620. The van der Waals surface area contributed by atoms with Crippen LogP contribution >= 0.6 is 0 Å². The summed E-state index contributed by atoms with van der Waals surface area (Å²) >= 11 is 0. The Morgan fingerprint density at radius 1 is 1.19 bits per heavy atom. The lowest BCUT2D eigenvalue weighted by Gasteiger charge is -2.39. The lowest BCUT2D eigenvalue weighted by Crippen LogP contribution is -2.53. The van der Waals surface area contributed by atoms with Crippen LogP contribution in [0.4, 0.5) is 17.5 Å². The zero-order valence-electron chi connectivity index (χ0n) is 16.2. The number of hydrogen-bond donors (Lipinski definition) is 3. The highest BCUT2D eigenvalue weighted by Crippen LogP contribution is 2.33. The van der Waals surface area contributed by atoms with E-state index in [9.17, 15) is 5.11 Å². The van der Waals surface area contributed by atoms with Crippen molar-refractivity contribution >= 4 is 17.5 Å². The molecular weight excluding hydrogens is 346 g/mol. The molecule has 0 radical (unpaired) electrons. The summed E-state index contributed by atoms with van der Waals surface area (Å²) < 4.78 is 11.5. The van der Waals surface area contributed by atoms with Crippen LogP contribution in [-0.4, -0.2) is 59.6 Å². The van der Waals surface area contributed by atoms with Crippen molar-refractivity contribution in [2.45, 2.75) is 32.6 Å². The maximum absolute atomic E-state index is 10.1. The van der Waals surface area contributed by atoms with Crippen molar-refractivity contribution in [1.29, 1.82) is 0 Å². The maximum Gasteiger partial charge on any atom is 0.229 e. The first kappa shape index (κ1) is 19.2. The number of benzene rings is 1. The molecule has 1 aromatic heterocycles. The Bertz CT molecular complexity index is 780. The van der Waals surface area contributed by atoms with E-state index in [1.807, 2.05) is 38.2 Å². The first-order chi connectivity index (χ1) is 13.0. The normalized spacial score (nSPS) is 16.2. The molecule has 0 aliphatic carbocycles. The zero-order chi connectivity index (χ0) is 19.4. The van der Waals surface area contributed by atoms with Crippen LogP contribution < -0.4 is 20.1 Å². The summed E-state index contributed by atoms with van der Waals surface area (Å²) in [4.78, 5) is 10.9. The molecule has 3 N–H and O–H groups in total. The van der Waals surface area contributed by atoms with Crippen LogP contribution in [-0.2, 0) is 0 Å². The molecule has 1 aliphatic heterocycles. The maximum atomic E-state index is 10.1. The molecule has 1 fully saturated rings. The second-order valence-electron chi connectivity index (χ2n) is 6.60. The second kappa shape index (κ2) is 8.41. The van der Waals surface area contributed by atoms with Gasteiger partial charge >= 0.3 is 0 Å². The number of aromatic nitrogens is 2. The number of hydrogen-bond acceptors (Lipinski definition) is 8. The van der Waals surface area contributed by atoms with E-state index in [1.54, 1.807) is 14.0 Å². The lowest BCUT2D eigenvalue weighted by molar-refractivity contribution is -0.0846.